The highest BCUT2D eigenvalue weighted by atomic mass is 14.9. The van der Waals surface area contributed by atoms with Crippen molar-refractivity contribution in [3.8, 4) is 0 Å². The van der Waals surface area contributed by atoms with Crippen LogP contribution in [0, 0.1) is 11.8 Å². The minimum Gasteiger partial charge on any atom is -0.317 e. The molecule has 0 aromatic rings. The van der Waals surface area contributed by atoms with Crippen LogP contribution in [0.2, 0.25) is 0 Å². The smallest absolute Gasteiger partial charge is 0.00896 e. The normalized spacial score (nSPS) is 22.2. The van der Waals surface area contributed by atoms with Gasteiger partial charge < -0.3 is 5.32 Å². The van der Waals surface area contributed by atoms with Crippen molar-refractivity contribution in [2.75, 3.05) is 7.05 Å². The molecule has 1 aliphatic rings. The fourth-order valence-electron chi connectivity index (χ4n) is 2.07. The van der Waals surface area contributed by atoms with E-state index in [1.807, 2.05) is 0 Å². The molecule has 0 spiro atoms. The van der Waals surface area contributed by atoms with Crippen LogP contribution in [0.5, 0.6) is 0 Å². The summed E-state index contributed by atoms with van der Waals surface area (Å²) in [5, 5.41) is 3.44. The Balaban J connectivity index is 2.19. The molecule has 2 atom stereocenters. The lowest BCUT2D eigenvalue weighted by Gasteiger charge is -2.22. The SMILES string of the molecule is CCCC(NC)C(C)CC1CC1. The lowest BCUT2D eigenvalue weighted by Crippen LogP contribution is -2.32. The van der Waals surface area contributed by atoms with E-state index in [-0.39, 0.29) is 0 Å². The predicted molar refractivity (Wildman–Crippen MR) is 54.3 cm³/mol. The standard InChI is InChI=1S/C11H23N/c1-4-5-11(12-3)9(2)8-10-6-7-10/h9-12H,4-8H2,1-3H3. The van der Waals surface area contributed by atoms with Gasteiger partial charge in [0.25, 0.3) is 0 Å². The van der Waals surface area contributed by atoms with E-state index in [4.69, 9.17) is 0 Å². The quantitative estimate of drug-likeness (QED) is 0.644. The minimum atomic E-state index is 0.760. The van der Waals surface area contributed by atoms with Crippen LogP contribution in [-0.2, 0) is 0 Å². The molecule has 1 heteroatoms. The van der Waals surface area contributed by atoms with E-state index in [9.17, 15) is 0 Å². The average Bonchev–Trinajstić information content (AvgIpc) is 2.83. The van der Waals surface area contributed by atoms with Gasteiger partial charge in [0.1, 0.15) is 0 Å². The predicted octanol–water partition coefficient (Wildman–Crippen LogP) is 2.81. The summed E-state index contributed by atoms with van der Waals surface area (Å²) in [7, 11) is 2.10. The highest BCUT2D eigenvalue weighted by molar-refractivity contribution is 4.80. The molecule has 0 aliphatic heterocycles. The van der Waals surface area contributed by atoms with Crippen molar-refractivity contribution in [3.63, 3.8) is 0 Å². The lowest BCUT2D eigenvalue weighted by atomic mass is 9.93. The zero-order valence-electron chi connectivity index (χ0n) is 8.77. The van der Waals surface area contributed by atoms with Crippen LogP contribution >= 0.6 is 0 Å². The van der Waals surface area contributed by atoms with E-state index in [0.717, 1.165) is 17.9 Å². The highest BCUT2D eigenvalue weighted by Gasteiger charge is 2.26. The second-order valence-electron chi connectivity index (χ2n) is 4.34. The van der Waals surface area contributed by atoms with Crippen molar-refractivity contribution in [2.45, 2.75) is 52.0 Å². The summed E-state index contributed by atoms with van der Waals surface area (Å²) >= 11 is 0. The molecule has 0 heterocycles. The summed E-state index contributed by atoms with van der Waals surface area (Å²) in [5.74, 6) is 1.95. The summed E-state index contributed by atoms with van der Waals surface area (Å²) < 4.78 is 0. The lowest BCUT2D eigenvalue weighted by molar-refractivity contribution is 0.342. The Morgan fingerprint density at radius 2 is 2.08 bits per heavy atom. The number of hydrogen-bond donors (Lipinski definition) is 1. The monoisotopic (exact) mass is 169 g/mol. The van der Waals surface area contributed by atoms with Crippen molar-refractivity contribution in [2.24, 2.45) is 11.8 Å². The van der Waals surface area contributed by atoms with Crippen LogP contribution in [0.4, 0.5) is 0 Å². The van der Waals surface area contributed by atoms with E-state index in [1.54, 1.807) is 0 Å². The van der Waals surface area contributed by atoms with Crippen LogP contribution in [0.25, 0.3) is 0 Å². The maximum absolute atomic E-state index is 3.44. The summed E-state index contributed by atoms with van der Waals surface area (Å²) in [6.45, 7) is 4.67. The maximum atomic E-state index is 3.44. The highest BCUT2D eigenvalue weighted by Crippen LogP contribution is 2.36. The molecule has 1 nitrogen and oxygen atoms in total. The molecule has 1 saturated carbocycles. The topological polar surface area (TPSA) is 12.0 Å². The Kier molecular flexibility index (Phi) is 4.07. The molecular weight excluding hydrogens is 146 g/mol. The first-order chi connectivity index (χ1) is 5.77. The van der Waals surface area contributed by atoms with E-state index in [1.165, 1.54) is 32.1 Å². The Bertz CT molecular complexity index is 118. The molecule has 0 aromatic heterocycles. The van der Waals surface area contributed by atoms with Crippen molar-refractivity contribution in [1.29, 1.82) is 0 Å². The molecule has 12 heavy (non-hydrogen) atoms. The Morgan fingerprint density at radius 3 is 2.50 bits per heavy atom. The summed E-state index contributed by atoms with van der Waals surface area (Å²) in [5.41, 5.74) is 0. The third-order valence-electron chi connectivity index (χ3n) is 3.06. The van der Waals surface area contributed by atoms with E-state index in [0.29, 0.717) is 0 Å². The average molecular weight is 169 g/mol. The second-order valence-corrected chi connectivity index (χ2v) is 4.34. The first kappa shape index (κ1) is 10.0. The second kappa shape index (κ2) is 4.86. The summed E-state index contributed by atoms with van der Waals surface area (Å²) in [6.07, 6.45) is 7.08. The molecule has 1 aliphatic carbocycles. The zero-order chi connectivity index (χ0) is 8.97. The molecular formula is C11H23N. The molecule has 0 amide bonds. The Morgan fingerprint density at radius 1 is 1.42 bits per heavy atom. The van der Waals surface area contributed by atoms with Gasteiger partial charge in [-0.3, -0.25) is 0 Å². The number of hydrogen-bond acceptors (Lipinski definition) is 1. The fraction of sp³-hybridized carbons (Fsp3) is 1.00. The third-order valence-corrected chi connectivity index (χ3v) is 3.06. The van der Waals surface area contributed by atoms with Crippen LogP contribution < -0.4 is 5.32 Å². The van der Waals surface area contributed by atoms with E-state index in [2.05, 4.69) is 26.2 Å². The largest absolute Gasteiger partial charge is 0.317 e. The van der Waals surface area contributed by atoms with Gasteiger partial charge in [-0.2, -0.15) is 0 Å². The van der Waals surface area contributed by atoms with Gasteiger partial charge in [-0.25, -0.2) is 0 Å². The Labute approximate surface area is 76.9 Å². The molecule has 0 bridgehead atoms. The van der Waals surface area contributed by atoms with E-state index >= 15 is 0 Å². The maximum Gasteiger partial charge on any atom is 0.00896 e. The van der Waals surface area contributed by atoms with Crippen LogP contribution in [0.15, 0.2) is 0 Å². The van der Waals surface area contributed by atoms with Crippen molar-refractivity contribution in [3.05, 3.63) is 0 Å². The fourth-order valence-corrected chi connectivity index (χ4v) is 2.07. The van der Waals surface area contributed by atoms with Gasteiger partial charge in [0.05, 0.1) is 0 Å². The summed E-state index contributed by atoms with van der Waals surface area (Å²) in [4.78, 5) is 0. The van der Waals surface area contributed by atoms with Crippen LogP contribution in [0.3, 0.4) is 0 Å². The van der Waals surface area contributed by atoms with Gasteiger partial charge >= 0.3 is 0 Å². The number of nitrogens with one attached hydrogen (secondary N) is 1. The molecule has 2 unspecified atom stereocenters. The molecule has 0 saturated heterocycles. The van der Waals surface area contributed by atoms with Crippen molar-refractivity contribution < 1.29 is 0 Å². The van der Waals surface area contributed by atoms with Crippen molar-refractivity contribution >= 4 is 0 Å². The van der Waals surface area contributed by atoms with Crippen LogP contribution in [0.1, 0.15) is 46.0 Å². The van der Waals surface area contributed by atoms with Gasteiger partial charge in [-0.1, -0.05) is 33.1 Å². The van der Waals surface area contributed by atoms with E-state index < -0.39 is 0 Å². The van der Waals surface area contributed by atoms with Crippen LogP contribution in [-0.4, -0.2) is 13.1 Å². The molecule has 72 valence electrons. The molecule has 1 rings (SSSR count). The van der Waals surface area contributed by atoms with Gasteiger partial charge in [0, 0.05) is 6.04 Å². The Hall–Kier alpha value is -0.0400. The van der Waals surface area contributed by atoms with Crippen molar-refractivity contribution in [1.82, 2.24) is 5.32 Å². The zero-order valence-corrected chi connectivity index (χ0v) is 8.77. The first-order valence-corrected chi connectivity index (χ1v) is 5.45. The first-order valence-electron chi connectivity index (χ1n) is 5.45. The van der Waals surface area contributed by atoms with Gasteiger partial charge in [0.2, 0.25) is 0 Å². The van der Waals surface area contributed by atoms with Gasteiger partial charge in [-0.15, -0.1) is 0 Å². The number of rotatable bonds is 6. The van der Waals surface area contributed by atoms with Gasteiger partial charge in [0.15, 0.2) is 0 Å². The molecule has 1 fully saturated rings. The van der Waals surface area contributed by atoms with Gasteiger partial charge in [-0.05, 0) is 31.7 Å². The molecule has 0 radical (unpaired) electrons. The summed E-state index contributed by atoms with van der Waals surface area (Å²) in [6, 6.07) is 0.760. The minimum absolute atomic E-state index is 0.760. The third kappa shape index (κ3) is 3.14. The molecule has 1 N–H and O–H groups in total. The molecule has 0 aromatic carbocycles.